The Kier molecular flexibility index (Phi) is 31.6. The molecule has 1 aromatic carbocycles. The van der Waals surface area contributed by atoms with Crippen LogP contribution in [0.2, 0.25) is 0 Å². The maximum absolute atomic E-state index is 15.3. The van der Waals surface area contributed by atoms with E-state index in [2.05, 4.69) is 47.5 Å². The van der Waals surface area contributed by atoms with Gasteiger partial charge in [0.25, 0.3) is 0 Å². The molecule has 15 atom stereocenters. The van der Waals surface area contributed by atoms with Gasteiger partial charge < -0.3 is 106 Å². The number of guanidine groups is 1. The molecule has 0 saturated carbocycles. The van der Waals surface area contributed by atoms with Crippen LogP contribution in [0.3, 0.4) is 0 Å². The monoisotopic (exact) mass is 1280 g/mol. The first kappa shape index (κ1) is 78.0. The van der Waals surface area contributed by atoms with E-state index < -0.39 is 192 Å². The van der Waals surface area contributed by atoms with Crippen molar-refractivity contribution >= 4 is 76.9 Å². The van der Waals surface area contributed by atoms with E-state index in [-0.39, 0.29) is 56.1 Å². The molecule has 0 bridgehead atoms. The van der Waals surface area contributed by atoms with Gasteiger partial charge in [0.1, 0.15) is 54.4 Å². The second-order valence-corrected chi connectivity index (χ2v) is 24.0. The SMILES string of the molecule is CC[C@H](C)C1NC(=O)[C@@H](CCCN=C(N)N)NC(=O)[C@H](CC(C)C)NC(=O)[C@H]([C@H](O)C(C)C)NC(=O)[C@@H](NC(=O)[C@H](CC(C)C)NC(=O)[C@H](N)C(C)(C)O)[C@@H](c2ccccc2)OC(=O)[C@H](CO)NC(=O)[C@H]([C@H](O)C(N)=O)NC(=O)CNC(=O)C([C@H](C)O)NC1=O. The summed E-state index contributed by atoms with van der Waals surface area (Å²) in [6.07, 6.45) is -8.48. The first-order valence-electron chi connectivity index (χ1n) is 29.6. The van der Waals surface area contributed by atoms with Gasteiger partial charge in [0.15, 0.2) is 24.2 Å². The average Bonchev–Trinajstić information content (AvgIpc) is 0.866. The maximum atomic E-state index is 15.3. The van der Waals surface area contributed by atoms with Gasteiger partial charge in [-0.05, 0) is 75.7 Å². The summed E-state index contributed by atoms with van der Waals surface area (Å²) in [6.45, 7) is 13.9. The predicted octanol–water partition coefficient (Wildman–Crippen LogP) is -6.71. The predicted molar refractivity (Wildman–Crippen MR) is 323 cm³/mol. The Hall–Kier alpha value is -8.11. The zero-order valence-electron chi connectivity index (χ0n) is 52.7. The molecule has 1 saturated heterocycles. The van der Waals surface area contributed by atoms with Gasteiger partial charge in [-0.2, -0.15) is 0 Å². The number of hydrogen-bond acceptors (Lipinski definition) is 20. The molecule has 2 rings (SSSR count). The molecule has 1 aliphatic heterocycles. The summed E-state index contributed by atoms with van der Waals surface area (Å²) < 4.78 is 5.89. The smallest absolute Gasteiger partial charge is 0.331 e. The lowest BCUT2D eigenvalue weighted by molar-refractivity contribution is -0.159. The summed E-state index contributed by atoms with van der Waals surface area (Å²) in [6, 6.07) is -11.7. The van der Waals surface area contributed by atoms with Crippen molar-refractivity contribution in [3.8, 4) is 0 Å². The van der Waals surface area contributed by atoms with E-state index in [4.69, 9.17) is 27.7 Å². The molecular weight excluding hydrogens is 1180 g/mol. The molecule has 1 aliphatic rings. The first-order valence-corrected chi connectivity index (χ1v) is 29.6. The average molecular weight is 1280 g/mol. The summed E-state index contributed by atoms with van der Waals surface area (Å²) in [5.74, 6) is -17.8. The number of aliphatic imine (C=N–C) groups is 1. The van der Waals surface area contributed by atoms with Crippen LogP contribution < -0.4 is 76.1 Å². The molecule has 0 aliphatic carbocycles. The molecule has 1 heterocycles. The fraction of sp³-hybridized carbons (Fsp3) is 0.667. The van der Waals surface area contributed by atoms with Crippen LogP contribution in [0.5, 0.6) is 0 Å². The van der Waals surface area contributed by atoms with E-state index in [1.807, 2.05) is 10.6 Å². The van der Waals surface area contributed by atoms with E-state index in [9.17, 15) is 78.3 Å². The Morgan fingerprint density at radius 1 is 0.689 bits per heavy atom. The second-order valence-electron chi connectivity index (χ2n) is 24.0. The van der Waals surface area contributed by atoms with Crippen LogP contribution in [0.25, 0.3) is 0 Å². The third-order valence-corrected chi connectivity index (χ3v) is 14.4. The molecule has 506 valence electrons. The summed E-state index contributed by atoms with van der Waals surface area (Å²) >= 11 is 0. The van der Waals surface area contributed by atoms with Crippen molar-refractivity contribution in [1.29, 1.82) is 0 Å². The lowest BCUT2D eigenvalue weighted by atomic mass is 9.95. The van der Waals surface area contributed by atoms with Crippen molar-refractivity contribution in [1.82, 2.24) is 53.2 Å². The van der Waals surface area contributed by atoms with Gasteiger partial charge in [0, 0.05) is 6.54 Å². The Morgan fingerprint density at radius 2 is 1.23 bits per heavy atom. The van der Waals surface area contributed by atoms with E-state index in [0.29, 0.717) is 0 Å². The highest BCUT2D eigenvalue weighted by Gasteiger charge is 2.44. The minimum absolute atomic E-state index is 0.0354. The fourth-order valence-electron chi connectivity index (χ4n) is 8.94. The van der Waals surface area contributed by atoms with Crippen LogP contribution in [0.1, 0.15) is 120 Å². The van der Waals surface area contributed by atoms with Gasteiger partial charge in [-0.15, -0.1) is 0 Å². The molecule has 0 spiro atoms. The molecule has 0 aromatic heterocycles. The number of nitrogens with one attached hydrogen (secondary N) is 10. The van der Waals surface area contributed by atoms with Gasteiger partial charge in [-0.1, -0.05) is 92.1 Å². The number of rotatable bonds is 22. The molecule has 11 amide bonds. The zero-order valence-corrected chi connectivity index (χ0v) is 52.7. The Bertz CT molecular complexity index is 2670. The van der Waals surface area contributed by atoms with Crippen LogP contribution in [0.4, 0.5) is 0 Å². The van der Waals surface area contributed by atoms with Gasteiger partial charge in [-0.3, -0.25) is 57.7 Å². The number of benzene rings is 1. The standard InChI is InChI=1S/C57H95N15O18/c1-12-28(8)36-50(83)70-37(29(9)74)49(82)63-23-35(75)68-39(42(77)45(59)78)52(85)67-34(24-73)55(88)90-43(30-17-14-13-15-18-30)40(72-48(81)33(22-26(4)5)66-54(87)44(58)57(10,11)89)53(86)71-38(41(76)27(6)7)51(84)65-32(21-25(2)3)47(80)64-31(46(79)69-36)19-16-20-62-56(60)61/h13-15,17-18,25-29,31-34,36-44,73-74,76-77,89H,12,16,19-24,58H2,1-11H3,(H2,59,78)(H,63,82)(H,64,80)(H,65,84)(H,66,87)(H,67,85)(H,68,75)(H,69,79)(H,70,83)(H,71,86)(H,72,81)(H4,60,61,62)/t28-,29-,31+,32-,33-,34-,36?,37?,38-,39-,40-,41+,42-,43+,44-/m0/s1. The molecule has 33 nitrogen and oxygen atoms in total. The Morgan fingerprint density at radius 3 is 1.76 bits per heavy atom. The van der Waals surface area contributed by atoms with E-state index in [1.165, 1.54) is 58.0 Å². The normalized spacial score (nSPS) is 24.8. The third kappa shape index (κ3) is 24.7. The molecule has 0 radical (unpaired) electrons. The van der Waals surface area contributed by atoms with Crippen LogP contribution in [0.15, 0.2) is 35.3 Å². The lowest BCUT2D eigenvalue weighted by Gasteiger charge is -2.34. The molecule has 90 heavy (non-hydrogen) atoms. The second kappa shape index (κ2) is 36.5. The summed E-state index contributed by atoms with van der Waals surface area (Å²) in [5, 5.41) is 78.2. The number of esters is 1. The Balaban J connectivity index is 3.14. The minimum Gasteiger partial charge on any atom is -0.453 e. The highest BCUT2D eigenvalue weighted by molar-refractivity contribution is 6.00. The number of amides is 11. The van der Waals surface area contributed by atoms with Gasteiger partial charge >= 0.3 is 5.97 Å². The van der Waals surface area contributed by atoms with Crippen molar-refractivity contribution in [2.24, 2.45) is 51.6 Å². The van der Waals surface area contributed by atoms with E-state index in [0.717, 1.165) is 6.92 Å². The highest BCUT2D eigenvalue weighted by Crippen LogP contribution is 2.25. The molecule has 23 N–H and O–H groups in total. The molecule has 1 fully saturated rings. The van der Waals surface area contributed by atoms with Crippen molar-refractivity contribution in [2.75, 3.05) is 19.7 Å². The van der Waals surface area contributed by atoms with Gasteiger partial charge in [-0.25, -0.2) is 4.79 Å². The van der Waals surface area contributed by atoms with Crippen molar-refractivity contribution in [3.63, 3.8) is 0 Å². The molecular formula is C57H95N15O18. The van der Waals surface area contributed by atoms with Gasteiger partial charge in [0.05, 0.1) is 31.0 Å². The lowest BCUT2D eigenvalue weighted by Crippen LogP contribution is -2.64. The largest absolute Gasteiger partial charge is 0.453 e. The Labute approximate surface area is 522 Å². The quantitative estimate of drug-likeness (QED) is 0.0222. The summed E-state index contributed by atoms with van der Waals surface area (Å²) in [7, 11) is 0. The van der Waals surface area contributed by atoms with E-state index in [1.54, 1.807) is 41.5 Å². The van der Waals surface area contributed by atoms with E-state index >= 15 is 4.79 Å². The van der Waals surface area contributed by atoms with Crippen LogP contribution in [-0.2, 0) is 62.3 Å². The fourth-order valence-corrected chi connectivity index (χ4v) is 8.94. The number of primary amides is 1. The number of aliphatic hydroxyl groups is 5. The minimum atomic E-state index is -2.59. The van der Waals surface area contributed by atoms with Crippen LogP contribution >= 0.6 is 0 Å². The summed E-state index contributed by atoms with van der Waals surface area (Å²) in [4.78, 5) is 174. The molecule has 1 aromatic rings. The van der Waals surface area contributed by atoms with Crippen LogP contribution in [0, 0.1) is 23.7 Å². The highest BCUT2D eigenvalue weighted by atomic mass is 16.5. The number of hydrogen-bond donors (Lipinski definition) is 19. The number of nitrogens with zero attached hydrogens (tertiary/aromatic N) is 1. The number of carbonyl (C=O) groups excluding carboxylic acids is 12. The maximum Gasteiger partial charge on any atom is 0.331 e. The number of cyclic esters (lactones) is 1. The number of nitrogens with two attached hydrogens (primary N) is 4. The number of ether oxygens (including phenoxy) is 1. The van der Waals surface area contributed by atoms with Crippen molar-refractivity contribution in [2.45, 2.75) is 199 Å². The number of aliphatic hydroxyl groups excluding tert-OH is 4. The molecule has 2 unspecified atom stereocenters. The van der Waals surface area contributed by atoms with Crippen molar-refractivity contribution in [3.05, 3.63) is 35.9 Å². The number of carbonyl (C=O) groups is 12. The first-order chi connectivity index (χ1) is 41.9. The summed E-state index contributed by atoms with van der Waals surface area (Å²) in [5.41, 5.74) is 20.5. The topological polar surface area (TPSA) is 552 Å². The van der Waals surface area contributed by atoms with Crippen LogP contribution in [-0.4, -0.2) is 206 Å². The zero-order chi connectivity index (χ0) is 68.7. The van der Waals surface area contributed by atoms with Crippen molar-refractivity contribution < 1.29 is 87.8 Å². The molecule has 33 heteroatoms. The third-order valence-electron chi connectivity index (χ3n) is 14.4. The van der Waals surface area contributed by atoms with Gasteiger partial charge in [0.2, 0.25) is 65.0 Å².